The van der Waals surface area contributed by atoms with Gasteiger partial charge in [-0.2, -0.15) is 13.2 Å². The zero-order valence-electron chi connectivity index (χ0n) is 9.28. The quantitative estimate of drug-likeness (QED) is 0.878. The molecule has 0 aliphatic heterocycles. The number of alkyl halides is 3. The van der Waals surface area contributed by atoms with E-state index in [0.717, 1.165) is 12.3 Å². The van der Waals surface area contributed by atoms with E-state index in [9.17, 15) is 13.2 Å². The van der Waals surface area contributed by atoms with Gasteiger partial charge in [0, 0.05) is 6.20 Å². The Bertz CT molecular complexity index is 532. The highest BCUT2D eigenvalue weighted by Crippen LogP contribution is 2.29. The van der Waals surface area contributed by atoms with Gasteiger partial charge in [-0.05, 0) is 26.1 Å². The number of nitrogens with one attached hydrogen (secondary N) is 1. The highest BCUT2D eigenvalue weighted by Gasteiger charge is 2.31. The summed E-state index contributed by atoms with van der Waals surface area (Å²) >= 11 is 0. The fourth-order valence-corrected chi connectivity index (χ4v) is 1.50. The van der Waals surface area contributed by atoms with Crippen LogP contribution in [0.2, 0.25) is 0 Å². The summed E-state index contributed by atoms with van der Waals surface area (Å²) in [6, 6.07) is 2.13. The summed E-state index contributed by atoms with van der Waals surface area (Å²) in [4.78, 5) is 0. The van der Waals surface area contributed by atoms with Crippen LogP contribution in [0.1, 0.15) is 24.4 Å². The molecule has 0 saturated heterocycles. The van der Waals surface area contributed by atoms with Crippen LogP contribution < -0.4 is 5.32 Å². The Hall–Kier alpha value is -1.63. The molecule has 2 aromatic rings. The lowest BCUT2D eigenvalue weighted by Crippen LogP contribution is -2.16. The van der Waals surface area contributed by atoms with Gasteiger partial charge in [0.2, 0.25) is 0 Å². The van der Waals surface area contributed by atoms with Crippen LogP contribution in [0.25, 0.3) is 5.65 Å². The monoisotopic (exact) mass is 244 g/mol. The Morgan fingerprint density at radius 2 is 2.00 bits per heavy atom. The lowest BCUT2D eigenvalue weighted by molar-refractivity contribution is -0.137. The summed E-state index contributed by atoms with van der Waals surface area (Å²) in [7, 11) is 1.71. The number of halogens is 3. The standard InChI is InChI=1S/C10H11F3N4/c1-6(14-2)9-16-15-8-4-3-7(5-17(8)9)10(11,12)13/h3-6,14H,1-2H3. The van der Waals surface area contributed by atoms with Crippen LogP contribution in [0.4, 0.5) is 13.2 Å². The molecule has 0 amide bonds. The van der Waals surface area contributed by atoms with E-state index in [4.69, 9.17) is 0 Å². The molecule has 7 heteroatoms. The number of hydrogen-bond donors (Lipinski definition) is 1. The van der Waals surface area contributed by atoms with Crippen LogP contribution in [-0.4, -0.2) is 21.6 Å². The van der Waals surface area contributed by atoms with Crippen LogP contribution in [0.15, 0.2) is 18.3 Å². The molecule has 0 radical (unpaired) electrons. The molecule has 0 aromatic carbocycles. The zero-order chi connectivity index (χ0) is 12.6. The van der Waals surface area contributed by atoms with Crippen LogP contribution in [0, 0.1) is 0 Å². The molecule has 0 bridgehead atoms. The minimum atomic E-state index is -4.36. The van der Waals surface area contributed by atoms with E-state index in [-0.39, 0.29) is 6.04 Å². The van der Waals surface area contributed by atoms with Crippen molar-refractivity contribution in [3.63, 3.8) is 0 Å². The van der Waals surface area contributed by atoms with Crippen molar-refractivity contribution >= 4 is 5.65 Å². The Balaban J connectivity index is 2.58. The summed E-state index contributed by atoms with van der Waals surface area (Å²) in [5.74, 6) is 0.452. The van der Waals surface area contributed by atoms with Crippen molar-refractivity contribution in [1.82, 2.24) is 19.9 Å². The first-order valence-electron chi connectivity index (χ1n) is 5.02. The molecule has 0 spiro atoms. The third-order valence-corrected chi connectivity index (χ3v) is 2.58. The van der Waals surface area contributed by atoms with Crippen molar-refractivity contribution < 1.29 is 13.2 Å². The molecule has 0 fully saturated rings. The fraction of sp³-hybridized carbons (Fsp3) is 0.400. The second-order valence-corrected chi connectivity index (χ2v) is 3.71. The summed E-state index contributed by atoms with van der Waals surface area (Å²) in [5.41, 5.74) is -0.315. The van der Waals surface area contributed by atoms with Crippen molar-refractivity contribution in [2.45, 2.75) is 19.1 Å². The number of pyridine rings is 1. The Morgan fingerprint density at radius 1 is 1.29 bits per heavy atom. The zero-order valence-corrected chi connectivity index (χ0v) is 9.28. The van der Waals surface area contributed by atoms with Gasteiger partial charge in [0.05, 0.1) is 11.6 Å². The molecule has 2 rings (SSSR count). The van der Waals surface area contributed by atoms with E-state index < -0.39 is 11.7 Å². The number of fused-ring (bicyclic) bond motifs is 1. The molecular weight excluding hydrogens is 233 g/mol. The van der Waals surface area contributed by atoms with Gasteiger partial charge in [-0.25, -0.2) is 0 Å². The van der Waals surface area contributed by atoms with Gasteiger partial charge < -0.3 is 5.32 Å². The van der Waals surface area contributed by atoms with Crippen LogP contribution >= 0.6 is 0 Å². The van der Waals surface area contributed by atoms with E-state index >= 15 is 0 Å². The lowest BCUT2D eigenvalue weighted by Gasteiger charge is -2.10. The third-order valence-electron chi connectivity index (χ3n) is 2.58. The number of aromatic nitrogens is 3. The molecule has 1 N–H and O–H groups in total. The Morgan fingerprint density at radius 3 is 2.59 bits per heavy atom. The second kappa shape index (κ2) is 3.99. The van der Waals surface area contributed by atoms with Gasteiger partial charge in [0.15, 0.2) is 11.5 Å². The summed E-state index contributed by atoms with van der Waals surface area (Å²) in [6.45, 7) is 1.80. The Kier molecular flexibility index (Phi) is 2.78. The number of nitrogens with zero attached hydrogens (tertiary/aromatic N) is 3. The second-order valence-electron chi connectivity index (χ2n) is 3.71. The van der Waals surface area contributed by atoms with Gasteiger partial charge in [0.25, 0.3) is 0 Å². The molecule has 2 heterocycles. The molecule has 4 nitrogen and oxygen atoms in total. The van der Waals surface area contributed by atoms with Crippen molar-refractivity contribution in [3.05, 3.63) is 29.7 Å². The lowest BCUT2D eigenvalue weighted by atomic mass is 10.2. The molecule has 0 aliphatic rings. The predicted octanol–water partition coefficient (Wildman–Crippen LogP) is 2.03. The summed E-state index contributed by atoms with van der Waals surface area (Å²) < 4.78 is 39.1. The van der Waals surface area contributed by atoms with Gasteiger partial charge >= 0.3 is 6.18 Å². The van der Waals surface area contributed by atoms with E-state index in [1.165, 1.54) is 10.5 Å². The van der Waals surface area contributed by atoms with E-state index in [2.05, 4.69) is 15.5 Å². The fourth-order valence-electron chi connectivity index (χ4n) is 1.50. The average molecular weight is 244 g/mol. The maximum absolute atomic E-state index is 12.6. The predicted molar refractivity (Wildman–Crippen MR) is 55.5 cm³/mol. The molecule has 0 saturated carbocycles. The number of rotatable bonds is 2. The van der Waals surface area contributed by atoms with E-state index in [0.29, 0.717) is 11.5 Å². The molecule has 17 heavy (non-hydrogen) atoms. The van der Waals surface area contributed by atoms with Crippen molar-refractivity contribution in [2.75, 3.05) is 7.05 Å². The molecule has 1 atom stereocenters. The summed E-state index contributed by atoms with van der Waals surface area (Å²) in [5, 5.41) is 10.6. The highest BCUT2D eigenvalue weighted by molar-refractivity contribution is 5.40. The SMILES string of the molecule is CNC(C)c1nnc2ccc(C(F)(F)F)cn12. The molecule has 92 valence electrons. The van der Waals surface area contributed by atoms with Crippen LogP contribution in [0.3, 0.4) is 0 Å². The maximum atomic E-state index is 12.6. The first-order chi connectivity index (χ1) is 7.93. The number of hydrogen-bond acceptors (Lipinski definition) is 3. The molecule has 2 aromatic heterocycles. The average Bonchev–Trinajstić information content (AvgIpc) is 2.69. The topological polar surface area (TPSA) is 42.2 Å². The van der Waals surface area contributed by atoms with Gasteiger partial charge in [0.1, 0.15) is 0 Å². The highest BCUT2D eigenvalue weighted by atomic mass is 19.4. The van der Waals surface area contributed by atoms with Crippen molar-refractivity contribution in [1.29, 1.82) is 0 Å². The first-order valence-corrected chi connectivity index (χ1v) is 5.02. The molecular formula is C10H11F3N4. The van der Waals surface area contributed by atoms with Crippen LogP contribution in [-0.2, 0) is 6.18 Å². The van der Waals surface area contributed by atoms with Gasteiger partial charge in [-0.1, -0.05) is 0 Å². The summed E-state index contributed by atoms with van der Waals surface area (Å²) in [6.07, 6.45) is -3.35. The van der Waals surface area contributed by atoms with Gasteiger partial charge in [-0.15, -0.1) is 10.2 Å². The third kappa shape index (κ3) is 2.10. The molecule has 0 aliphatic carbocycles. The largest absolute Gasteiger partial charge is 0.417 e. The van der Waals surface area contributed by atoms with Crippen molar-refractivity contribution in [2.24, 2.45) is 0 Å². The minimum absolute atomic E-state index is 0.173. The van der Waals surface area contributed by atoms with Crippen molar-refractivity contribution in [3.8, 4) is 0 Å². The smallest absolute Gasteiger partial charge is 0.311 e. The molecule has 1 unspecified atom stereocenters. The van der Waals surface area contributed by atoms with Crippen LogP contribution in [0.5, 0.6) is 0 Å². The first kappa shape index (κ1) is 11.8. The normalized spacial score (nSPS) is 14.2. The van der Waals surface area contributed by atoms with Gasteiger partial charge in [-0.3, -0.25) is 4.40 Å². The minimum Gasteiger partial charge on any atom is -0.311 e. The van der Waals surface area contributed by atoms with E-state index in [1.807, 2.05) is 0 Å². The Labute approximate surface area is 95.5 Å². The maximum Gasteiger partial charge on any atom is 0.417 e. The van der Waals surface area contributed by atoms with E-state index in [1.54, 1.807) is 14.0 Å².